The Morgan fingerprint density at radius 2 is 1.52 bits per heavy atom. The molecule has 0 radical (unpaired) electrons. The molecule has 7 heteroatoms. The molecular formula is C16H30N4O3. The van der Waals surface area contributed by atoms with Crippen molar-refractivity contribution in [2.45, 2.75) is 18.4 Å². The average molecular weight is 326 g/mol. The fourth-order valence-corrected chi connectivity index (χ4v) is 3.80. The van der Waals surface area contributed by atoms with Crippen LogP contribution in [0.15, 0.2) is 0 Å². The minimum absolute atomic E-state index is 0.0554. The Morgan fingerprint density at radius 1 is 0.957 bits per heavy atom. The van der Waals surface area contributed by atoms with Crippen molar-refractivity contribution < 1.29 is 14.3 Å². The van der Waals surface area contributed by atoms with Crippen LogP contribution in [0.1, 0.15) is 12.8 Å². The zero-order chi connectivity index (χ0) is 16.1. The summed E-state index contributed by atoms with van der Waals surface area (Å²) < 4.78 is 10.8. The normalized spacial score (nSPS) is 26.9. The molecule has 0 aromatic carbocycles. The number of likely N-dealkylation sites (tertiary alicyclic amines) is 1. The highest BCUT2D eigenvalue weighted by Crippen LogP contribution is 2.29. The molecule has 0 atom stereocenters. The smallest absolute Gasteiger partial charge is 0.317 e. The first-order valence-corrected chi connectivity index (χ1v) is 8.81. The molecule has 1 N–H and O–H groups in total. The number of amides is 2. The first-order valence-electron chi connectivity index (χ1n) is 8.81. The molecule has 3 rings (SSSR count). The van der Waals surface area contributed by atoms with Gasteiger partial charge in [-0.05, 0) is 33.0 Å². The van der Waals surface area contributed by atoms with Crippen LogP contribution in [0.4, 0.5) is 4.79 Å². The van der Waals surface area contributed by atoms with Crippen LogP contribution in [0.2, 0.25) is 0 Å². The molecule has 0 aliphatic carbocycles. The first kappa shape index (κ1) is 17.0. The predicted octanol–water partition coefficient (Wildman–Crippen LogP) is -0.175. The zero-order valence-electron chi connectivity index (χ0n) is 14.3. The Kier molecular flexibility index (Phi) is 5.74. The van der Waals surface area contributed by atoms with Crippen molar-refractivity contribution in [1.82, 2.24) is 20.0 Å². The van der Waals surface area contributed by atoms with Crippen LogP contribution in [-0.2, 0) is 9.47 Å². The maximum absolute atomic E-state index is 12.4. The third kappa shape index (κ3) is 4.15. The van der Waals surface area contributed by atoms with Crippen LogP contribution in [0.25, 0.3) is 0 Å². The van der Waals surface area contributed by atoms with Gasteiger partial charge in [-0.15, -0.1) is 0 Å². The molecule has 3 saturated heterocycles. The SMILES string of the molecule is CN1CCC(CNC(=O)N2CCOCC2)(N2CCOCC2)CC1. The summed E-state index contributed by atoms with van der Waals surface area (Å²) in [6.45, 7) is 9.13. The van der Waals surface area contributed by atoms with Crippen molar-refractivity contribution in [3.05, 3.63) is 0 Å². The molecule has 23 heavy (non-hydrogen) atoms. The van der Waals surface area contributed by atoms with E-state index in [1.165, 1.54) is 0 Å². The molecule has 0 spiro atoms. The Morgan fingerprint density at radius 3 is 2.13 bits per heavy atom. The molecule has 132 valence electrons. The Hall–Kier alpha value is -0.890. The highest BCUT2D eigenvalue weighted by atomic mass is 16.5. The number of rotatable bonds is 3. The summed E-state index contributed by atoms with van der Waals surface area (Å²) in [6, 6.07) is 0.0554. The van der Waals surface area contributed by atoms with Crippen LogP contribution in [0, 0.1) is 0 Å². The maximum atomic E-state index is 12.4. The highest BCUT2D eigenvalue weighted by molar-refractivity contribution is 5.74. The predicted molar refractivity (Wildman–Crippen MR) is 87.6 cm³/mol. The molecule has 7 nitrogen and oxygen atoms in total. The van der Waals surface area contributed by atoms with Gasteiger partial charge in [0.05, 0.1) is 26.4 Å². The van der Waals surface area contributed by atoms with E-state index in [-0.39, 0.29) is 11.6 Å². The van der Waals surface area contributed by atoms with Crippen LogP contribution >= 0.6 is 0 Å². The molecule has 3 fully saturated rings. The Balaban J connectivity index is 1.60. The van der Waals surface area contributed by atoms with E-state index < -0.39 is 0 Å². The van der Waals surface area contributed by atoms with Gasteiger partial charge >= 0.3 is 6.03 Å². The van der Waals surface area contributed by atoms with E-state index in [1.54, 1.807) is 0 Å². The molecule has 2 amide bonds. The number of piperidine rings is 1. The van der Waals surface area contributed by atoms with E-state index in [9.17, 15) is 4.79 Å². The number of nitrogens with zero attached hydrogens (tertiary/aromatic N) is 3. The topological polar surface area (TPSA) is 57.3 Å². The fourth-order valence-electron chi connectivity index (χ4n) is 3.80. The number of morpholine rings is 2. The fraction of sp³-hybridized carbons (Fsp3) is 0.938. The van der Waals surface area contributed by atoms with Crippen LogP contribution < -0.4 is 5.32 Å². The van der Waals surface area contributed by atoms with Crippen LogP contribution in [0.3, 0.4) is 0 Å². The van der Waals surface area contributed by atoms with E-state index in [0.717, 1.165) is 58.8 Å². The maximum Gasteiger partial charge on any atom is 0.317 e. The summed E-state index contributed by atoms with van der Waals surface area (Å²) in [6.07, 6.45) is 2.21. The summed E-state index contributed by atoms with van der Waals surface area (Å²) in [5.74, 6) is 0. The van der Waals surface area contributed by atoms with E-state index in [4.69, 9.17) is 9.47 Å². The molecule has 0 bridgehead atoms. The van der Waals surface area contributed by atoms with Crippen molar-refractivity contribution in [3.8, 4) is 0 Å². The number of hydrogen-bond acceptors (Lipinski definition) is 5. The number of carbonyl (C=O) groups excluding carboxylic acids is 1. The van der Waals surface area contributed by atoms with Gasteiger partial charge in [0.2, 0.25) is 0 Å². The van der Waals surface area contributed by atoms with E-state index in [1.807, 2.05) is 4.90 Å². The van der Waals surface area contributed by atoms with Gasteiger partial charge in [-0.2, -0.15) is 0 Å². The lowest BCUT2D eigenvalue weighted by atomic mass is 9.85. The van der Waals surface area contributed by atoms with Gasteiger partial charge in [0.15, 0.2) is 0 Å². The second-order valence-electron chi connectivity index (χ2n) is 6.89. The molecule has 0 saturated carbocycles. The third-order valence-corrected chi connectivity index (χ3v) is 5.47. The van der Waals surface area contributed by atoms with Gasteiger partial charge in [0.1, 0.15) is 0 Å². The lowest BCUT2D eigenvalue weighted by Gasteiger charge is -2.50. The van der Waals surface area contributed by atoms with Crippen molar-refractivity contribution in [2.24, 2.45) is 0 Å². The summed E-state index contributed by atoms with van der Waals surface area (Å²) in [5, 5.41) is 3.21. The summed E-state index contributed by atoms with van der Waals surface area (Å²) in [5.41, 5.74) is 0.0816. The average Bonchev–Trinajstić information content (AvgIpc) is 2.63. The lowest BCUT2D eigenvalue weighted by molar-refractivity contribution is -0.0441. The number of urea groups is 1. The minimum Gasteiger partial charge on any atom is -0.379 e. The zero-order valence-corrected chi connectivity index (χ0v) is 14.3. The number of nitrogens with one attached hydrogen (secondary N) is 1. The molecule has 0 aromatic rings. The van der Waals surface area contributed by atoms with Crippen molar-refractivity contribution in [1.29, 1.82) is 0 Å². The molecule has 3 aliphatic rings. The molecule has 0 aromatic heterocycles. The van der Waals surface area contributed by atoms with Gasteiger partial charge in [-0.25, -0.2) is 4.79 Å². The van der Waals surface area contributed by atoms with Gasteiger partial charge < -0.3 is 24.6 Å². The number of hydrogen-bond donors (Lipinski definition) is 1. The lowest BCUT2D eigenvalue weighted by Crippen LogP contribution is -2.63. The Labute approximate surface area is 138 Å². The van der Waals surface area contributed by atoms with Crippen molar-refractivity contribution >= 4 is 6.03 Å². The molecule has 3 aliphatic heterocycles. The number of ether oxygens (including phenoxy) is 2. The van der Waals surface area contributed by atoms with E-state index >= 15 is 0 Å². The Bertz CT molecular complexity index is 387. The monoisotopic (exact) mass is 326 g/mol. The van der Waals surface area contributed by atoms with Crippen molar-refractivity contribution in [3.63, 3.8) is 0 Å². The van der Waals surface area contributed by atoms with Crippen LogP contribution in [0.5, 0.6) is 0 Å². The first-order chi connectivity index (χ1) is 11.2. The summed E-state index contributed by atoms with van der Waals surface area (Å²) >= 11 is 0. The van der Waals surface area contributed by atoms with Gasteiger partial charge in [0.25, 0.3) is 0 Å². The summed E-state index contributed by atoms with van der Waals surface area (Å²) in [4.78, 5) is 19.2. The third-order valence-electron chi connectivity index (χ3n) is 5.47. The van der Waals surface area contributed by atoms with Crippen LogP contribution in [-0.4, -0.2) is 106 Å². The largest absolute Gasteiger partial charge is 0.379 e. The standard InChI is InChI=1S/C16H30N4O3/c1-18-4-2-16(3-5-18,20-8-12-23-13-9-20)14-17-15(21)19-6-10-22-11-7-19/h2-14H2,1H3,(H,17,21). The van der Waals surface area contributed by atoms with E-state index in [2.05, 4.69) is 22.2 Å². The van der Waals surface area contributed by atoms with Gasteiger partial charge in [-0.1, -0.05) is 0 Å². The number of carbonyl (C=O) groups is 1. The molecule has 0 unspecified atom stereocenters. The van der Waals surface area contributed by atoms with E-state index in [0.29, 0.717) is 26.3 Å². The quantitative estimate of drug-likeness (QED) is 0.780. The highest BCUT2D eigenvalue weighted by Gasteiger charge is 2.40. The minimum atomic E-state index is 0.0554. The second-order valence-corrected chi connectivity index (χ2v) is 6.89. The summed E-state index contributed by atoms with van der Waals surface area (Å²) in [7, 11) is 2.18. The molecule has 3 heterocycles. The van der Waals surface area contributed by atoms with Gasteiger partial charge in [-0.3, -0.25) is 4.90 Å². The van der Waals surface area contributed by atoms with Crippen molar-refractivity contribution in [2.75, 3.05) is 79.3 Å². The second kappa shape index (κ2) is 7.79. The molecular weight excluding hydrogens is 296 g/mol. The van der Waals surface area contributed by atoms with Gasteiger partial charge in [0, 0.05) is 38.3 Å².